The van der Waals surface area contributed by atoms with Crippen LogP contribution in [0.15, 0.2) is 54.3 Å². The Labute approximate surface area is 128 Å². The van der Waals surface area contributed by atoms with Gasteiger partial charge in [-0.2, -0.15) is 5.10 Å². The van der Waals surface area contributed by atoms with Gasteiger partial charge in [0.1, 0.15) is 0 Å². The number of hydrogen-bond acceptors (Lipinski definition) is 4. The molecule has 1 atom stereocenters. The summed E-state index contributed by atoms with van der Waals surface area (Å²) in [5.41, 5.74) is 1.03. The topological polar surface area (TPSA) is 42.7 Å². The van der Waals surface area contributed by atoms with Crippen LogP contribution in [0.4, 0.5) is 5.69 Å². The lowest BCUT2D eigenvalue weighted by atomic mass is 10.0. The van der Waals surface area contributed by atoms with Crippen molar-refractivity contribution in [1.29, 1.82) is 0 Å². The molecule has 0 amide bonds. The van der Waals surface area contributed by atoms with E-state index < -0.39 is 0 Å². The van der Waals surface area contributed by atoms with Crippen molar-refractivity contribution in [1.82, 2.24) is 14.8 Å². The summed E-state index contributed by atoms with van der Waals surface area (Å²) in [6.07, 6.45) is 5.50. The zero-order valence-corrected chi connectivity index (χ0v) is 12.9. The molecular formula is C16H18N4S. The molecule has 0 saturated carbocycles. The lowest BCUT2D eigenvalue weighted by molar-refractivity contribution is 0.553. The van der Waals surface area contributed by atoms with Gasteiger partial charge in [-0.3, -0.25) is 0 Å². The number of aromatic nitrogens is 3. The lowest BCUT2D eigenvalue weighted by Crippen LogP contribution is -2.15. The summed E-state index contributed by atoms with van der Waals surface area (Å²) in [6, 6.07) is 10.5. The van der Waals surface area contributed by atoms with Gasteiger partial charge in [-0.25, -0.2) is 9.67 Å². The lowest BCUT2D eigenvalue weighted by Gasteiger charge is -2.22. The molecule has 108 valence electrons. The van der Waals surface area contributed by atoms with Crippen molar-refractivity contribution in [3.05, 3.63) is 59.2 Å². The summed E-state index contributed by atoms with van der Waals surface area (Å²) in [4.78, 5) is 5.80. The van der Waals surface area contributed by atoms with Gasteiger partial charge in [-0.15, -0.1) is 11.3 Å². The fourth-order valence-electron chi connectivity index (χ4n) is 2.23. The van der Waals surface area contributed by atoms with Crippen LogP contribution < -0.4 is 5.32 Å². The van der Waals surface area contributed by atoms with Crippen LogP contribution >= 0.6 is 11.3 Å². The third-order valence-corrected chi connectivity index (χ3v) is 4.28. The van der Waals surface area contributed by atoms with Gasteiger partial charge in [0.25, 0.3) is 0 Å². The van der Waals surface area contributed by atoms with E-state index in [0.29, 0.717) is 12.0 Å². The summed E-state index contributed by atoms with van der Waals surface area (Å²) in [7, 11) is 0. The summed E-state index contributed by atoms with van der Waals surface area (Å²) < 4.78 is 1.75. The second kappa shape index (κ2) is 6.10. The van der Waals surface area contributed by atoms with Crippen LogP contribution in [0.2, 0.25) is 0 Å². The molecular weight excluding hydrogens is 280 g/mol. The maximum atomic E-state index is 4.46. The second-order valence-electron chi connectivity index (χ2n) is 5.24. The first-order valence-electron chi connectivity index (χ1n) is 7.00. The minimum Gasteiger partial charge on any atom is -0.376 e. The molecule has 3 aromatic heterocycles. The fraction of sp³-hybridized carbons (Fsp3) is 0.250. The monoisotopic (exact) mass is 298 g/mol. The first-order valence-corrected chi connectivity index (χ1v) is 7.88. The summed E-state index contributed by atoms with van der Waals surface area (Å²) in [5.74, 6) is 1.33. The number of thiophene rings is 1. The van der Waals surface area contributed by atoms with E-state index in [1.165, 1.54) is 4.88 Å². The summed E-state index contributed by atoms with van der Waals surface area (Å²) in [6.45, 7) is 4.45. The average Bonchev–Trinajstić information content (AvgIpc) is 3.18. The van der Waals surface area contributed by atoms with Crippen LogP contribution in [-0.2, 0) is 0 Å². The van der Waals surface area contributed by atoms with E-state index in [-0.39, 0.29) is 0 Å². The highest BCUT2D eigenvalue weighted by molar-refractivity contribution is 7.10. The number of pyridine rings is 1. The normalized spacial score (nSPS) is 12.5. The van der Waals surface area contributed by atoms with Gasteiger partial charge in [-0.05, 0) is 35.6 Å². The SMILES string of the molecule is CC(C)C(Nc1ccc(-n2cccn2)nc1)c1cccs1. The number of nitrogens with one attached hydrogen (secondary N) is 1. The van der Waals surface area contributed by atoms with Crippen molar-refractivity contribution in [2.75, 3.05) is 5.32 Å². The summed E-state index contributed by atoms with van der Waals surface area (Å²) in [5, 5.41) is 9.87. The fourth-order valence-corrected chi connectivity index (χ4v) is 3.17. The highest BCUT2D eigenvalue weighted by atomic mass is 32.1. The molecule has 21 heavy (non-hydrogen) atoms. The molecule has 4 nitrogen and oxygen atoms in total. The molecule has 0 aliphatic heterocycles. The molecule has 0 saturated heterocycles. The molecule has 0 spiro atoms. The number of nitrogens with zero attached hydrogens (tertiary/aromatic N) is 3. The maximum Gasteiger partial charge on any atom is 0.153 e. The Bertz CT molecular complexity index is 657. The van der Waals surface area contributed by atoms with Crippen molar-refractivity contribution in [2.24, 2.45) is 5.92 Å². The van der Waals surface area contributed by atoms with Crippen LogP contribution in [0.1, 0.15) is 24.8 Å². The smallest absolute Gasteiger partial charge is 0.153 e. The van der Waals surface area contributed by atoms with Crippen molar-refractivity contribution in [2.45, 2.75) is 19.9 Å². The Morgan fingerprint density at radius 1 is 1.19 bits per heavy atom. The van der Waals surface area contributed by atoms with Gasteiger partial charge in [-0.1, -0.05) is 19.9 Å². The minimum absolute atomic E-state index is 0.308. The van der Waals surface area contributed by atoms with Crippen LogP contribution in [0.5, 0.6) is 0 Å². The molecule has 0 fully saturated rings. The van der Waals surface area contributed by atoms with Crippen molar-refractivity contribution in [3.8, 4) is 5.82 Å². The molecule has 3 heterocycles. The maximum absolute atomic E-state index is 4.46. The van der Waals surface area contributed by atoms with E-state index in [9.17, 15) is 0 Å². The molecule has 1 unspecified atom stereocenters. The molecule has 3 rings (SSSR count). The summed E-state index contributed by atoms with van der Waals surface area (Å²) >= 11 is 1.78. The quantitative estimate of drug-likeness (QED) is 0.770. The van der Waals surface area contributed by atoms with Gasteiger partial charge in [0.15, 0.2) is 5.82 Å². The molecule has 0 bridgehead atoms. The van der Waals surface area contributed by atoms with Gasteiger partial charge >= 0.3 is 0 Å². The van der Waals surface area contributed by atoms with E-state index in [4.69, 9.17) is 0 Å². The largest absolute Gasteiger partial charge is 0.376 e. The Balaban J connectivity index is 1.78. The number of anilines is 1. The number of hydrogen-bond donors (Lipinski definition) is 1. The Kier molecular flexibility index (Phi) is 4.01. The highest BCUT2D eigenvalue weighted by Gasteiger charge is 2.16. The van der Waals surface area contributed by atoms with Crippen molar-refractivity contribution >= 4 is 17.0 Å². The Morgan fingerprint density at radius 3 is 2.67 bits per heavy atom. The van der Waals surface area contributed by atoms with E-state index >= 15 is 0 Å². The molecule has 0 aliphatic rings. The standard InChI is InChI=1S/C16H18N4S/c1-12(2)16(14-5-3-10-21-14)19-13-6-7-15(17-11-13)20-9-4-8-18-20/h3-12,16,19H,1-2H3. The average molecular weight is 298 g/mol. The third kappa shape index (κ3) is 3.13. The van der Waals surface area contributed by atoms with E-state index in [2.05, 4.69) is 46.8 Å². The predicted octanol–water partition coefficient (Wildman–Crippen LogP) is 4.14. The molecule has 0 aliphatic carbocycles. The zero-order valence-electron chi connectivity index (χ0n) is 12.1. The van der Waals surface area contributed by atoms with Gasteiger partial charge in [0.05, 0.1) is 17.9 Å². The van der Waals surface area contributed by atoms with Gasteiger partial charge in [0.2, 0.25) is 0 Å². The molecule has 1 N–H and O–H groups in total. The second-order valence-corrected chi connectivity index (χ2v) is 6.22. The van der Waals surface area contributed by atoms with Crippen molar-refractivity contribution < 1.29 is 0 Å². The Hall–Kier alpha value is -2.14. The van der Waals surface area contributed by atoms with Gasteiger partial charge < -0.3 is 5.32 Å². The first kappa shape index (κ1) is 13.8. The van der Waals surface area contributed by atoms with Crippen molar-refractivity contribution in [3.63, 3.8) is 0 Å². The molecule has 5 heteroatoms. The van der Waals surface area contributed by atoms with E-state index in [0.717, 1.165) is 11.5 Å². The van der Waals surface area contributed by atoms with E-state index in [1.54, 1.807) is 22.2 Å². The van der Waals surface area contributed by atoms with Crippen LogP contribution in [0, 0.1) is 5.92 Å². The van der Waals surface area contributed by atoms with Gasteiger partial charge in [0, 0.05) is 17.3 Å². The number of rotatable bonds is 5. The van der Waals surface area contributed by atoms with Crippen LogP contribution in [0.3, 0.4) is 0 Å². The first-order chi connectivity index (χ1) is 10.2. The molecule has 0 aromatic carbocycles. The third-order valence-electron chi connectivity index (χ3n) is 3.33. The molecule has 0 radical (unpaired) electrons. The zero-order chi connectivity index (χ0) is 14.7. The van der Waals surface area contributed by atoms with Crippen LogP contribution in [-0.4, -0.2) is 14.8 Å². The highest BCUT2D eigenvalue weighted by Crippen LogP contribution is 2.29. The van der Waals surface area contributed by atoms with E-state index in [1.807, 2.05) is 30.6 Å². The predicted molar refractivity (Wildman–Crippen MR) is 86.9 cm³/mol. The Morgan fingerprint density at radius 2 is 2.10 bits per heavy atom. The minimum atomic E-state index is 0.308. The molecule has 3 aromatic rings. The van der Waals surface area contributed by atoms with Crippen LogP contribution in [0.25, 0.3) is 5.82 Å².